The molecule has 2 nitrogen and oxygen atoms in total. The van der Waals surface area contributed by atoms with E-state index in [1.807, 2.05) is 0 Å². The van der Waals surface area contributed by atoms with E-state index < -0.39 is 0 Å². The summed E-state index contributed by atoms with van der Waals surface area (Å²) in [5, 5.41) is 1.13. The van der Waals surface area contributed by atoms with Gasteiger partial charge in [-0.15, -0.1) is 0 Å². The van der Waals surface area contributed by atoms with Crippen LogP contribution < -0.4 is 0 Å². The number of nitrogens with zero attached hydrogens (tertiary/aromatic N) is 1. The topological polar surface area (TPSA) is 12.5 Å². The van der Waals surface area contributed by atoms with Crippen molar-refractivity contribution in [1.29, 1.82) is 0 Å². The van der Waals surface area contributed by atoms with Crippen LogP contribution in [0.25, 0.3) is 0 Å². The summed E-state index contributed by atoms with van der Waals surface area (Å²) in [6, 6.07) is 0. The second-order valence-electron chi connectivity index (χ2n) is 6.73. The van der Waals surface area contributed by atoms with Gasteiger partial charge in [-0.2, -0.15) is 0 Å². The van der Waals surface area contributed by atoms with E-state index in [9.17, 15) is 0 Å². The van der Waals surface area contributed by atoms with E-state index in [4.69, 9.17) is 4.74 Å². The molecule has 2 aliphatic heterocycles. The van der Waals surface area contributed by atoms with Gasteiger partial charge in [-0.3, -0.25) is 0 Å². The zero-order chi connectivity index (χ0) is 13.8. The monoisotopic (exact) mass is 331 g/mol. The molecule has 0 amide bonds. The van der Waals surface area contributed by atoms with E-state index in [-0.39, 0.29) is 0 Å². The molecule has 0 bridgehead atoms. The van der Waals surface area contributed by atoms with Crippen molar-refractivity contribution < 1.29 is 4.74 Å². The first-order valence-electron chi connectivity index (χ1n) is 8.04. The zero-order valence-electron chi connectivity index (χ0n) is 12.7. The largest absolute Gasteiger partial charge is 0.381 e. The highest BCUT2D eigenvalue weighted by Crippen LogP contribution is 2.40. The van der Waals surface area contributed by atoms with E-state index in [2.05, 4.69) is 34.7 Å². The Labute approximate surface area is 127 Å². The molecule has 2 heterocycles. The van der Waals surface area contributed by atoms with Gasteiger partial charge >= 0.3 is 0 Å². The summed E-state index contributed by atoms with van der Waals surface area (Å²) in [5.41, 5.74) is 1.12. The Kier molecular flexibility index (Phi) is 5.74. The molecule has 2 rings (SSSR count). The molecule has 2 fully saturated rings. The molecular weight excluding hydrogens is 302 g/mol. The molecule has 0 spiro atoms. The van der Waals surface area contributed by atoms with E-state index in [0.29, 0.717) is 10.8 Å². The summed E-state index contributed by atoms with van der Waals surface area (Å²) in [7, 11) is 0. The maximum atomic E-state index is 5.54. The maximum absolute atomic E-state index is 5.54. The van der Waals surface area contributed by atoms with Crippen molar-refractivity contribution in [3.8, 4) is 0 Å². The molecule has 0 aromatic rings. The number of likely N-dealkylation sites (tertiary alicyclic amines) is 1. The summed E-state index contributed by atoms with van der Waals surface area (Å²) in [5.74, 6) is 0. The summed E-state index contributed by atoms with van der Waals surface area (Å²) in [6.45, 7) is 10.5. The van der Waals surface area contributed by atoms with Crippen molar-refractivity contribution in [2.24, 2.45) is 10.8 Å². The van der Waals surface area contributed by atoms with Crippen LogP contribution in [0, 0.1) is 10.8 Å². The Hall–Kier alpha value is 0.400. The lowest BCUT2D eigenvalue weighted by atomic mass is 9.73. The van der Waals surface area contributed by atoms with Crippen molar-refractivity contribution in [2.75, 3.05) is 38.2 Å². The molecule has 0 radical (unpaired) electrons. The molecule has 112 valence electrons. The van der Waals surface area contributed by atoms with Gasteiger partial charge < -0.3 is 9.64 Å². The molecular formula is C16H30BrNO. The molecule has 19 heavy (non-hydrogen) atoms. The van der Waals surface area contributed by atoms with Crippen LogP contribution in [0.3, 0.4) is 0 Å². The predicted molar refractivity (Wildman–Crippen MR) is 85.0 cm³/mol. The van der Waals surface area contributed by atoms with Crippen LogP contribution in [0.5, 0.6) is 0 Å². The van der Waals surface area contributed by atoms with E-state index in [0.717, 1.165) is 18.5 Å². The second kappa shape index (κ2) is 6.91. The van der Waals surface area contributed by atoms with Crippen LogP contribution in [-0.2, 0) is 4.74 Å². The van der Waals surface area contributed by atoms with E-state index >= 15 is 0 Å². The summed E-state index contributed by atoms with van der Waals surface area (Å²) in [6.07, 6.45) is 7.95. The van der Waals surface area contributed by atoms with Gasteiger partial charge in [-0.25, -0.2) is 0 Å². The number of hydrogen-bond acceptors (Lipinski definition) is 2. The zero-order valence-corrected chi connectivity index (χ0v) is 14.3. The fraction of sp³-hybridized carbons (Fsp3) is 1.00. The van der Waals surface area contributed by atoms with Crippen LogP contribution in [0.4, 0.5) is 0 Å². The van der Waals surface area contributed by atoms with Gasteiger partial charge in [-0.05, 0) is 49.6 Å². The third-order valence-corrected chi connectivity index (χ3v) is 7.00. The fourth-order valence-corrected chi connectivity index (χ4v) is 4.49. The van der Waals surface area contributed by atoms with Gasteiger partial charge in [0.25, 0.3) is 0 Å². The summed E-state index contributed by atoms with van der Waals surface area (Å²) in [4.78, 5) is 2.72. The quantitative estimate of drug-likeness (QED) is 0.704. The Balaban J connectivity index is 1.87. The van der Waals surface area contributed by atoms with Crippen molar-refractivity contribution in [3.05, 3.63) is 0 Å². The van der Waals surface area contributed by atoms with Crippen molar-refractivity contribution in [1.82, 2.24) is 4.90 Å². The highest BCUT2D eigenvalue weighted by atomic mass is 79.9. The lowest BCUT2D eigenvalue weighted by Gasteiger charge is -2.45. The van der Waals surface area contributed by atoms with Gasteiger partial charge in [0.1, 0.15) is 0 Å². The van der Waals surface area contributed by atoms with Crippen molar-refractivity contribution >= 4 is 15.9 Å². The van der Waals surface area contributed by atoms with E-state index in [1.165, 1.54) is 58.2 Å². The standard InChI is InChI=1S/C16H30BrNO/c1-3-15(4-2)5-9-18(10-6-15)14-16(13-17)7-11-19-12-8-16/h3-14H2,1-2H3. The highest BCUT2D eigenvalue weighted by Gasteiger charge is 2.37. The van der Waals surface area contributed by atoms with Crippen molar-refractivity contribution in [3.63, 3.8) is 0 Å². The maximum Gasteiger partial charge on any atom is 0.0472 e. The smallest absolute Gasteiger partial charge is 0.0472 e. The molecule has 2 aliphatic rings. The van der Waals surface area contributed by atoms with Crippen LogP contribution in [-0.4, -0.2) is 43.1 Å². The molecule has 0 N–H and O–H groups in total. The van der Waals surface area contributed by atoms with Gasteiger partial charge in [0.05, 0.1) is 0 Å². The Morgan fingerprint density at radius 3 is 2.00 bits per heavy atom. The number of alkyl halides is 1. The Morgan fingerprint density at radius 2 is 1.53 bits per heavy atom. The van der Waals surface area contributed by atoms with Crippen LogP contribution >= 0.6 is 15.9 Å². The number of piperidine rings is 1. The van der Waals surface area contributed by atoms with E-state index in [1.54, 1.807) is 0 Å². The minimum Gasteiger partial charge on any atom is -0.381 e. The molecule has 3 heteroatoms. The number of halogens is 1. The minimum absolute atomic E-state index is 0.469. The number of ether oxygens (including phenoxy) is 1. The molecule has 0 saturated carbocycles. The van der Waals surface area contributed by atoms with Crippen LogP contribution in [0.1, 0.15) is 52.4 Å². The Morgan fingerprint density at radius 1 is 0.947 bits per heavy atom. The molecule has 0 atom stereocenters. The molecule has 0 aromatic heterocycles. The average Bonchev–Trinajstić information content (AvgIpc) is 2.49. The lowest BCUT2D eigenvalue weighted by molar-refractivity contribution is -0.00551. The molecule has 0 aliphatic carbocycles. The third-order valence-electron chi connectivity index (χ3n) is 5.81. The number of hydrogen-bond donors (Lipinski definition) is 0. The predicted octanol–water partition coefficient (Wildman–Crippen LogP) is 4.08. The lowest BCUT2D eigenvalue weighted by Crippen LogP contribution is -2.47. The normalized spacial score (nSPS) is 27.3. The minimum atomic E-state index is 0.469. The number of rotatable bonds is 5. The summed E-state index contributed by atoms with van der Waals surface area (Å²) < 4.78 is 5.54. The fourth-order valence-electron chi connectivity index (χ4n) is 3.76. The first-order valence-corrected chi connectivity index (χ1v) is 9.16. The highest BCUT2D eigenvalue weighted by molar-refractivity contribution is 9.09. The van der Waals surface area contributed by atoms with Gasteiger partial charge in [0, 0.05) is 25.1 Å². The summed E-state index contributed by atoms with van der Waals surface area (Å²) >= 11 is 3.76. The molecule has 0 unspecified atom stereocenters. The first kappa shape index (κ1) is 15.8. The second-order valence-corrected chi connectivity index (χ2v) is 7.29. The van der Waals surface area contributed by atoms with Gasteiger partial charge in [0.15, 0.2) is 0 Å². The Bertz CT molecular complexity index is 262. The van der Waals surface area contributed by atoms with Crippen LogP contribution in [0.2, 0.25) is 0 Å². The van der Waals surface area contributed by atoms with Gasteiger partial charge in [0.2, 0.25) is 0 Å². The van der Waals surface area contributed by atoms with Crippen LogP contribution in [0.15, 0.2) is 0 Å². The first-order chi connectivity index (χ1) is 9.17. The average molecular weight is 332 g/mol. The molecule has 0 aromatic carbocycles. The van der Waals surface area contributed by atoms with Gasteiger partial charge in [-0.1, -0.05) is 42.6 Å². The molecule has 2 saturated heterocycles. The SMILES string of the molecule is CCC1(CC)CCN(CC2(CBr)CCOCC2)CC1. The van der Waals surface area contributed by atoms with Crippen molar-refractivity contribution in [2.45, 2.75) is 52.4 Å². The third kappa shape index (κ3) is 3.74.